The molecule has 0 spiro atoms. The summed E-state index contributed by atoms with van der Waals surface area (Å²) in [5.41, 5.74) is 9.04. The number of aryl methyl sites for hydroxylation is 1. The van der Waals surface area contributed by atoms with E-state index in [1.54, 1.807) is 12.1 Å². The van der Waals surface area contributed by atoms with Crippen molar-refractivity contribution >= 4 is 11.6 Å². The van der Waals surface area contributed by atoms with Crippen LogP contribution in [0.3, 0.4) is 0 Å². The standard InChI is InChI=1S/C24H24N4O2/c1-17-8-10-18(11-9-17)22-19-5-2-3-6-20(19)23(26-25-22)27-12-14-28(15-13-27)24(29)21-7-4-16-30-21/h2-11,16,23,26H,12-15H2,1H3. The molecule has 2 aromatic carbocycles. The first-order valence-electron chi connectivity index (χ1n) is 10.3. The molecule has 6 heteroatoms. The number of amides is 1. The minimum absolute atomic E-state index is 0.00346. The number of nitrogens with one attached hydrogen (secondary N) is 1. The Labute approximate surface area is 175 Å². The van der Waals surface area contributed by atoms with Crippen LogP contribution in [-0.2, 0) is 0 Å². The first-order valence-corrected chi connectivity index (χ1v) is 10.3. The Morgan fingerprint density at radius 1 is 1.00 bits per heavy atom. The summed E-state index contributed by atoms with van der Waals surface area (Å²) in [5.74, 6) is 0.355. The highest BCUT2D eigenvalue weighted by Crippen LogP contribution is 2.29. The van der Waals surface area contributed by atoms with Crippen LogP contribution in [0.15, 0.2) is 76.4 Å². The van der Waals surface area contributed by atoms with E-state index in [1.165, 1.54) is 17.4 Å². The number of carbonyl (C=O) groups excluding carboxylic acids is 1. The molecular formula is C24H24N4O2. The lowest BCUT2D eigenvalue weighted by Gasteiger charge is -2.40. The van der Waals surface area contributed by atoms with Gasteiger partial charge in [0.25, 0.3) is 5.91 Å². The van der Waals surface area contributed by atoms with Crippen LogP contribution >= 0.6 is 0 Å². The van der Waals surface area contributed by atoms with Gasteiger partial charge in [-0.25, -0.2) is 0 Å². The predicted octanol–water partition coefficient (Wildman–Crippen LogP) is 3.40. The Morgan fingerprint density at radius 3 is 2.50 bits per heavy atom. The number of hydrazone groups is 1. The summed E-state index contributed by atoms with van der Waals surface area (Å²) in [4.78, 5) is 16.7. The smallest absolute Gasteiger partial charge is 0.289 e. The number of benzene rings is 2. The molecule has 2 aliphatic rings. The van der Waals surface area contributed by atoms with Crippen LogP contribution < -0.4 is 5.43 Å². The van der Waals surface area contributed by atoms with E-state index < -0.39 is 0 Å². The second kappa shape index (κ2) is 7.80. The van der Waals surface area contributed by atoms with Gasteiger partial charge in [-0.15, -0.1) is 0 Å². The second-order valence-electron chi connectivity index (χ2n) is 7.75. The summed E-state index contributed by atoms with van der Waals surface area (Å²) in [6, 6.07) is 20.4. The van der Waals surface area contributed by atoms with Crippen LogP contribution in [0.2, 0.25) is 0 Å². The molecular weight excluding hydrogens is 376 g/mol. The lowest BCUT2D eigenvalue weighted by Crippen LogP contribution is -2.52. The largest absolute Gasteiger partial charge is 0.459 e. The quantitative estimate of drug-likeness (QED) is 0.732. The summed E-state index contributed by atoms with van der Waals surface area (Å²) in [6.45, 7) is 4.95. The molecule has 0 radical (unpaired) electrons. The average Bonchev–Trinajstić information content (AvgIpc) is 3.34. The molecule has 3 heterocycles. The topological polar surface area (TPSA) is 61.1 Å². The summed E-state index contributed by atoms with van der Waals surface area (Å²) in [7, 11) is 0. The minimum Gasteiger partial charge on any atom is -0.459 e. The highest BCUT2D eigenvalue weighted by molar-refractivity contribution is 6.14. The number of carbonyl (C=O) groups is 1. The molecule has 152 valence electrons. The highest BCUT2D eigenvalue weighted by Gasteiger charge is 2.32. The van der Waals surface area contributed by atoms with Crippen LogP contribution in [0, 0.1) is 6.92 Å². The molecule has 1 N–H and O–H groups in total. The van der Waals surface area contributed by atoms with Gasteiger partial charge in [-0.3, -0.25) is 15.1 Å². The van der Waals surface area contributed by atoms with Crippen molar-refractivity contribution in [3.8, 4) is 0 Å². The van der Waals surface area contributed by atoms with Crippen molar-refractivity contribution < 1.29 is 9.21 Å². The van der Waals surface area contributed by atoms with Gasteiger partial charge in [0.15, 0.2) is 5.76 Å². The number of hydrogen-bond donors (Lipinski definition) is 1. The number of rotatable bonds is 3. The minimum atomic E-state index is -0.0451. The molecule has 1 saturated heterocycles. The fourth-order valence-corrected chi connectivity index (χ4v) is 4.16. The van der Waals surface area contributed by atoms with E-state index in [9.17, 15) is 4.79 Å². The molecule has 5 rings (SSSR count). The fourth-order valence-electron chi connectivity index (χ4n) is 4.16. The maximum Gasteiger partial charge on any atom is 0.289 e. The molecule has 1 amide bonds. The molecule has 0 saturated carbocycles. The third-order valence-corrected chi connectivity index (χ3v) is 5.83. The molecule has 3 aromatic rings. The normalized spacial score (nSPS) is 19.0. The van der Waals surface area contributed by atoms with Crippen molar-refractivity contribution in [2.45, 2.75) is 13.1 Å². The Kier molecular flexibility index (Phi) is 4.85. The molecule has 1 atom stereocenters. The number of furan rings is 1. The van der Waals surface area contributed by atoms with Crippen molar-refractivity contribution in [3.05, 3.63) is 94.9 Å². The average molecular weight is 400 g/mol. The maximum atomic E-state index is 12.5. The van der Waals surface area contributed by atoms with Gasteiger partial charge in [-0.1, -0.05) is 54.1 Å². The van der Waals surface area contributed by atoms with E-state index in [1.807, 2.05) is 4.90 Å². The fraction of sp³-hybridized carbons (Fsp3) is 0.250. The molecule has 1 aromatic heterocycles. The summed E-state index contributed by atoms with van der Waals surface area (Å²) < 4.78 is 5.26. The zero-order valence-corrected chi connectivity index (χ0v) is 16.9. The number of piperazine rings is 1. The van der Waals surface area contributed by atoms with Crippen molar-refractivity contribution in [1.82, 2.24) is 15.2 Å². The number of fused-ring (bicyclic) bond motifs is 1. The van der Waals surface area contributed by atoms with Gasteiger partial charge in [0, 0.05) is 37.3 Å². The Bertz CT molecular complexity index is 1060. The predicted molar refractivity (Wildman–Crippen MR) is 115 cm³/mol. The highest BCUT2D eigenvalue weighted by atomic mass is 16.3. The molecule has 2 aliphatic heterocycles. The SMILES string of the molecule is Cc1ccc(C2=NNC(N3CCN(C(=O)c4ccco4)CC3)c3ccccc32)cc1. The molecule has 6 nitrogen and oxygen atoms in total. The first kappa shape index (κ1) is 18.6. The Balaban J connectivity index is 1.34. The molecule has 0 bridgehead atoms. The van der Waals surface area contributed by atoms with Crippen molar-refractivity contribution in [3.63, 3.8) is 0 Å². The van der Waals surface area contributed by atoms with E-state index in [0.29, 0.717) is 18.8 Å². The lowest BCUT2D eigenvalue weighted by molar-refractivity contribution is 0.0498. The molecule has 0 aliphatic carbocycles. The van der Waals surface area contributed by atoms with Gasteiger partial charge in [0.05, 0.1) is 12.0 Å². The van der Waals surface area contributed by atoms with Crippen LogP contribution in [0.25, 0.3) is 0 Å². The Hall–Kier alpha value is -3.38. The van der Waals surface area contributed by atoms with Crippen molar-refractivity contribution in [1.29, 1.82) is 0 Å². The van der Waals surface area contributed by atoms with Crippen LogP contribution in [0.4, 0.5) is 0 Å². The van der Waals surface area contributed by atoms with Crippen LogP contribution in [0.1, 0.15) is 39.0 Å². The van der Waals surface area contributed by atoms with Crippen LogP contribution in [-0.4, -0.2) is 47.6 Å². The van der Waals surface area contributed by atoms with Crippen molar-refractivity contribution in [2.24, 2.45) is 5.10 Å². The van der Waals surface area contributed by atoms with Gasteiger partial charge in [0.2, 0.25) is 0 Å². The monoisotopic (exact) mass is 400 g/mol. The van der Waals surface area contributed by atoms with Gasteiger partial charge in [0.1, 0.15) is 6.17 Å². The van der Waals surface area contributed by atoms with Gasteiger partial charge in [-0.05, 0) is 24.6 Å². The molecule has 1 fully saturated rings. The van der Waals surface area contributed by atoms with Gasteiger partial charge >= 0.3 is 0 Å². The summed E-state index contributed by atoms with van der Waals surface area (Å²) in [5, 5.41) is 4.75. The lowest BCUT2D eigenvalue weighted by atomic mass is 9.94. The second-order valence-corrected chi connectivity index (χ2v) is 7.75. The maximum absolute atomic E-state index is 12.5. The third kappa shape index (κ3) is 3.39. The number of hydrogen-bond acceptors (Lipinski definition) is 5. The van der Waals surface area contributed by atoms with Gasteiger partial charge in [-0.2, -0.15) is 5.10 Å². The zero-order valence-electron chi connectivity index (χ0n) is 16.9. The van der Waals surface area contributed by atoms with E-state index in [0.717, 1.165) is 29.9 Å². The van der Waals surface area contributed by atoms with E-state index >= 15 is 0 Å². The zero-order chi connectivity index (χ0) is 20.5. The first-order chi connectivity index (χ1) is 14.7. The van der Waals surface area contributed by atoms with Gasteiger partial charge < -0.3 is 9.32 Å². The van der Waals surface area contributed by atoms with Crippen LogP contribution in [0.5, 0.6) is 0 Å². The van der Waals surface area contributed by atoms with E-state index in [2.05, 4.69) is 65.8 Å². The summed E-state index contributed by atoms with van der Waals surface area (Å²) >= 11 is 0. The van der Waals surface area contributed by atoms with E-state index in [4.69, 9.17) is 9.52 Å². The third-order valence-electron chi connectivity index (χ3n) is 5.83. The molecule has 1 unspecified atom stereocenters. The Morgan fingerprint density at radius 2 is 1.77 bits per heavy atom. The van der Waals surface area contributed by atoms with E-state index in [-0.39, 0.29) is 12.1 Å². The summed E-state index contributed by atoms with van der Waals surface area (Å²) in [6.07, 6.45) is 1.53. The number of nitrogens with zero attached hydrogens (tertiary/aromatic N) is 3. The molecule has 30 heavy (non-hydrogen) atoms. The van der Waals surface area contributed by atoms with Crippen molar-refractivity contribution in [2.75, 3.05) is 26.2 Å².